The highest BCUT2D eigenvalue weighted by Gasteiger charge is 2.27. The highest BCUT2D eigenvalue weighted by atomic mass is 32.2. The number of benzene rings is 1. The zero-order valence-corrected chi connectivity index (χ0v) is 18.2. The number of hydrogen-bond donors (Lipinski definition) is 1. The Hall–Kier alpha value is -3.04. The van der Waals surface area contributed by atoms with Crippen LogP contribution in [-0.2, 0) is 10.0 Å². The number of nitrogens with one attached hydrogen (secondary N) is 1. The highest BCUT2D eigenvalue weighted by Crippen LogP contribution is 2.26. The van der Waals surface area contributed by atoms with Crippen LogP contribution in [0.2, 0.25) is 0 Å². The summed E-state index contributed by atoms with van der Waals surface area (Å²) in [5.41, 5.74) is 1.47. The van der Waals surface area contributed by atoms with Gasteiger partial charge in [0.15, 0.2) is 0 Å². The highest BCUT2D eigenvalue weighted by molar-refractivity contribution is 7.89. The van der Waals surface area contributed by atoms with Gasteiger partial charge in [-0.1, -0.05) is 18.9 Å². The molecule has 8 nitrogen and oxygen atoms in total. The first-order valence-corrected chi connectivity index (χ1v) is 11.8. The number of anilines is 1. The molecule has 31 heavy (non-hydrogen) atoms. The molecule has 0 bridgehead atoms. The molecule has 0 atom stereocenters. The molecule has 0 spiro atoms. The maximum atomic E-state index is 13.2. The van der Waals surface area contributed by atoms with Crippen LogP contribution >= 0.6 is 0 Å². The number of hydrogen-bond acceptors (Lipinski definition) is 5. The minimum atomic E-state index is -3.61. The molecule has 1 aliphatic heterocycles. The monoisotopic (exact) mass is 439 g/mol. The SMILES string of the molecule is Cc1ccc(NC(=O)c2ccc(-n3ccnc3)nc2)cc1S(=O)(=O)N1CCCCCC1. The lowest BCUT2D eigenvalue weighted by Crippen LogP contribution is -2.32. The van der Waals surface area contributed by atoms with Crippen molar-refractivity contribution in [1.29, 1.82) is 0 Å². The second-order valence-corrected chi connectivity index (χ2v) is 9.53. The van der Waals surface area contributed by atoms with Gasteiger partial charge < -0.3 is 5.32 Å². The number of sulfonamides is 1. The van der Waals surface area contributed by atoms with E-state index >= 15 is 0 Å². The van der Waals surface area contributed by atoms with Gasteiger partial charge in [0.05, 0.1) is 10.5 Å². The Kier molecular flexibility index (Phi) is 6.15. The van der Waals surface area contributed by atoms with Crippen LogP contribution < -0.4 is 5.32 Å². The first-order chi connectivity index (χ1) is 14.9. The van der Waals surface area contributed by atoms with E-state index in [-0.39, 0.29) is 10.8 Å². The molecule has 0 radical (unpaired) electrons. The van der Waals surface area contributed by atoms with Gasteiger partial charge in [0.25, 0.3) is 5.91 Å². The summed E-state index contributed by atoms with van der Waals surface area (Å²) < 4.78 is 29.7. The summed E-state index contributed by atoms with van der Waals surface area (Å²) in [4.78, 5) is 21.2. The van der Waals surface area contributed by atoms with E-state index in [9.17, 15) is 13.2 Å². The topological polar surface area (TPSA) is 97.2 Å². The van der Waals surface area contributed by atoms with Crippen LogP contribution in [0, 0.1) is 6.92 Å². The van der Waals surface area contributed by atoms with Gasteiger partial charge in [-0.15, -0.1) is 0 Å². The number of aryl methyl sites for hydroxylation is 1. The summed E-state index contributed by atoms with van der Waals surface area (Å²) >= 11 is 0. The molecule has 4 rings (SSSR count). The summed E-state index contributed by atoms with van der Waals surface area (Å²) in [6, 6.07) is 8.37. The van der Waals surface area contributed by atoms with E-state index in [0.717, 1.165) is 25.7 Å². The molecule has 1 saturated heterocycles. The predicted molar refractivity (Wildman–Crippen MR) is 118 cm³/mol. The van der Waals surface area contributed by atoms with E-state index in [1.54, 1.807) is 64.8 Å². The van der Waals surface area contributed by atoms with Crippen LogP contribution in [-0.4, -0.2) is 46.3 Å². The van der Waals surface area contributed by atoms with Gasteiger partial charge in [-0.25, -0.2) is 18.4 Å². The van der Waals surface area contributed by atoms with Crippen LogP contribution in [0.5, 0.6) is 0 Å². The summed E-state index contributed by atoms with van der Waals surface area (Å²) in [6.45, 7) is 2.84. The third-order valence-corrected chi connectivity index (χ3v) is 7.45. The molecule has 9 heteroatoms. The number of carbonyl (C=O) groups is 1. The van der Waals surface area contributed by atoms with Crippen molar-refractivity contribution in [2.45, 2.75) is 37.5 Å². The van der Waals surface area contributed by atoms with Crippen LogP contribution in [0.25, 0.3) is 5.82 Å². The Morgan fingerprint density at radius 3 is 2.48 bits per heavy atom. The van der Waals surface area contributed by atoms with Gasteiger partial charge >= 0.3 is 0 Å². The minimum Gasteiger partial charge on any atom is -0.322 e. The third-order valence-electron chi connectivity index (χ3n) is 5.41. The summed E-state index contributed by atoms with van der Waals surface area (Å²) in [6.07, 6.45) is 10.4. The molecule has 3 aromatic rings. The second-order valence-electron chi connectivity index (χ2n) is 7.63. The summed E-state index contributed by atoms with van der Waals surface area (Å²) in [7, 11) is -3.61. The first-order valence-electron chi connectivity index (χ1n) is 10.3. The number of aromatic nitrogens is 3. The maximum Gasteiger partial charge on any atom is 0.257 e. The van der Waals surface area contributed by atoms with Crippen LogP contribution in [0.1, 0.15) is 41.6 Å². The number of imidazole rings is 1. The van der Waals surface area contributed by atoms with Crippen molar-refractivity contribution in [3.05, 3.63) is 66.4 Å². The van der Waals surface area contributed by atoms with Crippen molar-refractivity contribution >= 4 is 21.6 Å². The van der Waals surface area contributed by atoms with Gasteiger partial charge in [-0.3, -0.25) is 9.36 Å². The largest absolute Gasteiger partial charge is 0.322 e. The molecular formula is C22H25N5O3S. The molecule has 1 fully saturated rings. The maximum absolute atomic E-state index is 13.2. The minimum absolute atomic E-state index is 0.237. The molecule has 1 amide bonds. The van der Waals surface area contributed by atoms with Crippen molar-refractivity contribution < 1.29 is 13.2 Å². The van der Waals surface area contributed by atoms with Gasteiger partial charge in [0, 0.05) is 37.4 Å². The van der Waals surface area contributed by atoms with Crippen molar-refractivity contribution in [1.82, 2.24) is 18.8 Å². The normalized spacial score (nSPS) is 15.4. The van der Waals surface area contributed by atoms with Crippen LogP contribution in [0.4, 0.5) is 5.69 Å². The summed E-state index contributed by atoms with van der Waals surface area (Å²) in [5.74, 6) is 0.293. The fraction of sp³-hybridized carbons (Fsp3) is 0.318. The Morgan fingerprint density at radius 1 is 1.06 bits per heavy atom. The lowest BCUT2D eigenvalue weighted by molar-refractivity contribution is 0.102. The van der Waals surface area contributed by atoms with E-state index in [1.165, 1.54) is 6.20 Å². The van der Waals surface area contributed by atoms with Gasteiger partial charge in [0.2, 0.25) is 10.0 Å². The molecule has 1 aliphatic rings. The van der Waals surface area contributed by atoms with Crippen molar-refractivity contribution in [3.63, 3.8) is 0 Å². The van der Waals surface area contributed by atoms with Crippen molar-refractivity contribution in [2.24, 2.45) is 0 Å². The number of rotatable bonds is 5. The molecule has 0 saturated carbocycles. The number of amides is 1. The number of nitrogens with zero attached hydrogens (tertiary/aromatic N) is 4. The fourth-order valence-corrected chi connectivity index (χ4v) is 5.42. The van der Waals surface area contributed by atoms with E-state index in [0.29, 0.717) is 35.7 Å². The van der Waals surface area contributed by atoms with Gasteiger partial charge in [0.1, 0.15) is 12.1 Å². The Bertz CT molecular complexity index is 1150. The van der Waals surface area contributed by atoms with Crippen molar-refractivity contribution in [2.75, 3.05) is 18.4 Å². The molecule has 2 aromatic heterocycles. The van der Waals surface area contributed by atoms with Crippen molar-refractivity contribution in [3.8, 4) is 5.82 Å². The Morgan fingerprint density at radius 2 is 1.84 bits per heavy atom. The molecule has 3 heterocycles. The van der Waals surface area contributed by atoms with Crippen LogP contribution in [0.3, 0.4) is 0 Å². The molecule has 0 aliphatic carbocycles. The van der Waals surface area contributed by atoms with Gasteiger partial charge in [-0.2, -0.15) is 4.31 Å². The summed E-state index contributed by atoms with van der Waals surface area (Å²) in [5, 5.41) is 2.79. The zero-order valence-electron chi connectivity index (χ0n) is 17.4. The van der Waals surface area contributed by atoms with E-state index in [2.05, 4.69) is 15.3 Å². The number of carbonyl (C=O) groups excluding carboxylic acids is 1. The standard InChI is InChI=1S/C22H25N5O3S/c1-17-6-8-19(14-20(17)31(29,30)27-11-4-2-3-5-12-27)25-22(28)18-7-9-21(24-15-18)26-13-10-23-16-26/h6-10,13-16H,2-5,11-12H2,1H3,(H,25,28). The van der Waals surface area contributed by atoms with E-state index in [1.807, 2.05) is 0 Å². The van der Waals surface area contributed by atoms with Gasteiger partial charge in [-0.05, 0) is 49.6 Å². The molecule has 1 N–H and O–H groups in total. The Balaban J connectivity index is 1.53. The average Bonchev–Trinajstić information content (AvgIpc) is 3.16. The zero-order chi connectivity index (χ0) is 21.8. The molecule has 0 unspecified atom stereocenters. The Labute approximate surface area is 182 Å². The average molecular weight is 440 g/mol. The number of pyridine rings is 1. The second kappa shape index (κ2) is 8.99. The lowest BCUT2D eigenvalue weighted by atomic mass is 10.2. The fourth-order valence-electron chi connectivity index (χ4n) is 3.65. The quantitative estimate of drug-likeness (QED) is 0.657. The predicted octanol–water partition coefficient (Wildman–Crippen LogP) is 3.39. The first kappa shape index (κ1) is 21.2. The van der Waals surface area contributed by atoms with E-state index in [4.69, 9.17) is 0 Å². The lowest BCUT2D eigenvalue weighted by Gasteiger charge is -2.21. The molecular weight excluding hydrogens is 414 g/mol. The van der Waals surface area contributed by atoms with Crippen LogP contribution in [0.15, 0.2) is 60.1 Å². The molecule has 162 valence electrons. The smallest absolute Gasteiger partial charge is 0.257 e. The van der Waals surface area contributed by atoms with E-state index < -0.39 is 10.0 Å². The molecule has 1 aromatic carbocycles. The third kappa shape index (κ3) is 4.67.